The lowest BCUT2D eigenvalue weighted by atomic mass is 9.93. The van der Waals surface area contributed by atoms with Crippen LogP contribution in [-0.2, 0) is 13.1 Å². The highest BCUT2D eigenvalue weighted by molar-refractivity contribution is 5.80. The number of likely N-dealkylation sites (N-methyl/N-ethyl adjacent to an activating group) is 1. The van der Waals surface area contributed by atoms with Gasteiger partial charge in [-0.15, -0.1) is 0 Å². The number of benzene rings is 1. The Morgan fingerprint density at radius 2 is 1.91 bits per heavy atom. The van der Waals surface area contributed by atoms with Crippen LogP contribution in [0.3, 0.4) is 0 Å². The lowest BCUT2D eigenvalue weighted by Crippen LogP contribution is -2.48. The monoisotopic (exact) mass is 437 g/mol. The van der Waals surface area contributed by atoms with Crippen LogP contribution in [0.1, 0.15) is 36.9 Å². The first-order valence-electron chi connectivity index (χ1n) is 12.0. The molecule has 1 N–H and O–H groups in total. The Labute approximate surface area is 193 Å². The van der Waals surface area contributed by atoms with Gasteiger partial charge in [0.25, 0.3) is 0 Å². The fourth-order valence-corrected chi connectivity index (χ4v) is 4.89. The number of hydrogen-bond acceptors (Lipinski definition) is 4. The molecule has 0 amide bonds. The summed E-state index contributed by atoms with van der Waals surface area (Å²) in [6.07, 6.45) is 8.30. The van der Waals surface area contributed by atoms with Crippen LogP contribution in [-0.4, -0.2) is 83.6 Å². The van der Waals surface area contributed by atoms with Crippen molar-refractivity contribution in [2.75, 3.05) is 53.4 Å². The summed E-state index contributed by atoms with van der Waals surface area (Å²) in [5, 5.41) is 3.59. The average Bonchev–Trinajstić information content (AvgIpc) is 3.26. The SMILES string of the molecule is CN=C(NCc1ccc(CN2CCCN(C)CC2)cc1)N1CCC(C)C(n2ccnc2)C1. The molecule has 2 aromatic rings. The molecule has 1 aromatic heterocycles. The van der Waals surface area contributed by atoms with E-state index in [0.717, 1.165) is 51.6 Å². The van der Waals surface area contributed by atoms with Gasteiger partial charge in [-0.1, -0.05) is 31.2 Å². The number of imidazole rings is 1. The molecular weight excluding hydrogens is 398 g/mol. The van der Waals surface area contributed by atoms with Crippen LogP contribution in [0.4, 0.5) is 0 Å². The van der Waals surface area contributed by atoms with Crippen molar-refractivity contribution in [1.82, 2.24) is 29.6 Å². The number of rotatable bonds is 5. The van der Waals surface area contributed by atoms with E-state index in [9.17, 15) is 0 Å². The summed E-state index contributed by atoms with van der Waals surface area (Å²) in [6, 6.07) is 9.51. The maximum Gasteiger partial charge on any atom is 0.193 e. The summed E-state index contributed by atoms with van der Waals surface area (Å²) in [7, 11) is 4.11. The topological polar surface area (TPSA) is 51.9 Å². The fourth-order valence-electron chi connectivity index (χ4n) is 4.89. The second-order valence-corrected chi connectivity index (χ2v) is 9.44. The lowest BCUT2D eigenvalue weighted by molar-refractivity contribution is 0.189. The standard InChI is InChI=1S/C25H39N7/c1-21-9-13-31(19-24(21)32-14-10-27-20-32)25(26-2)28-17-22-5-7-23(8-6-22)18-30-12-4-11-29(3)15-16-30/h5-8,10,14,20-21,24H,4,9,11-13,15-19H2,1-3H3,(H,26,28). The molecule has 2 unspecified atom stereocenters. The van der Waals surface area contributed by atoms with Gasteiger partial charge in [0.2, 0.25) is 0 Å². The van der Waals surface area contributed by atoms with Crippen molar-refractivity contribution in [3.05, 3.63) is 54.1 Å². The van der Waals surface area contributed by atoms with E-state index in [1.807, 2.05) is 19.6 Å². The minimum absolute atomic E-state index is 0.433. The second-order valence-electron chi connectivity index (χ2n) is 9.44. The van der Waals surface area contributed by atoms with E-state index in [-0.39, 0.29) is 0 Å². The summed E-state index contributed by atoms with van der Waals surface area (Å²) in [5.41, 5.74) is 2.69. The number of aromatic nitrogens is 2. The largest absolute Gasteiger partial charge is 0.352 e. The van der Waals surface area contributed by atoms with E-state index in [4.69, 9.17) is 0 Å². The van der Waals surface area contributed by atoms with E-state index in [2.05, 4.69) is 79.0 Å². The Hall–Kier alpha value is -2.38. The third-order valence-corrected chi connectivity index (χ3v) is 7.03. The highest BCUT2D eigenvalue weighted by Crippen LogP contribution is 2.27. The van der Waals surface area contributed by atoms with Crippen LogP contribution in [0.2, 0.25) is 0 Å². The summed E-state index contributed by atoms with van der Waals surface area (Å²) < 4.78 is 2.24. The average molecular weight is 438 g/mol. The van der Waals surface area contributed by atoms with Gasteiger partial charge >= 0.3 is 0 Å². The number of guanidine groups is 1. The first-order chi connectivity index (χ1) is 15.6. The Kier molecular flexibility index (Phi) is 7.81. The number of hydrogen-bond donors (Lipinski definition) is 1. The molecule has 0 aliphatic carbocycles. The van der Waals surface area contributed by atoms with E-state index >= 15 is 0 Å². The van der Waals surface area contributed by atoms with Crippen LogP contribution in [0, 0.1) is 5.92 Å². The molecule has 3 heterocycles. The Morgan fingerprint density at radius 3 is 2.66 bits per heavy atom. The maximum absolute atomic E-state index is 4.57. The molecule has 7 heteroatoms. The van der Waals surface area contributed by atoms with Crippen molar-refractivity contribution < 1.29 is 0 Å². The molecule has 32 heavy (non-hydrogen) atoms. The van der Waals surface area contributed by atoms with Crippen LogP contribution >= 0.6 is 0 Å². The molecule has 2 atom stereocenters. The van der Waals surface area contributed by atoms with Crippen molar-refractivity contribution in [2.24, 2.45) is 10.9 Å². The zero-order chi connectivity index (χ0) is 22.3. The normalized spacial score (nSPS) is 23.8. The predicted octanol–water partition coefficient (Wildman–Crippen LogP) is 2.68. The number of nitrogens with one attached hydrogen (secondary N) is 1. The van der Waals surface area contributed by atoms with Gasteiger partial charge in [0.1, 0.15) is 0 Å². The van der Waals surface area contributed by atoms with Gasteiger partial charge in [-0.2, -0.15) is 0 Å². The molecule has 4 rings (SSSR count). The smallest absolute Gasteiger partial charge is 0.193 e. The summed E-state index contributed by atoms with van der Waals surface area (Å²) in [5.74, 6) is 1.62. The molecule has 174 valence electrons. The van der Waals surface area contributed by atoms with Gasteiger partial charge in [-0.05, 0) is 50.0 Å². The molecular formula is C25H39N7. The van der Waals surface area contributed by atoms with Crippen molar-refractivity contribution in [3.8, 4) is 0 Å². The molecule has 0 radical (unpaired) electrons. The predicted molar refractivity (Wildman–Crippen MR) is 131 cm³/mol. The first-order valence-corrected chi connectivity index (χ1v) is 12.0. The highest BCUT2D eigenvalue weighted by Gasteiger charge is 2.28. The number of nitrogens with zero attached hydrogens (tertiary/aromatic N) is 6. The van der Waals surface area contributed by atoms with E-state index in [1.165, 1.54) is 30.6 Å². The van der Waals surface area contributed by atoms with Crippen LogP contribution < -0.4 is 5.32 Å². The van der Waals surface area contributed by atoms with E-state index < -0.39 is 0 Å². The van der Waals surface area contributed by atoms with E-state index in [0.29, 0.717) is 12.0 Å². The molecule has 7 nitrogen and oxygen atoms in total. The summed E-state index contributed by atoms with van der Waals surface area (Å²) in [6.45, 7) is 10.9. The minimum atomic E-state index is 0.433. The number of piperidine rings is 1. The van der Waals surface area contributed by atoms with Crippen LogP contribution in [0.15, 0.2) is 48.0 Å². The van der Waals surface area contributed by atoms with Gasteiger partial charge in [0.15, 0.2) is 5.96 Å². The van der Waals surface area contributed by atoms with Crippen LogP contribution in [0.25, 0.3) is 0 Å². The van der Waals surface area contributed by atoms with Crippen molar-refractivity contribution in [1.29, 1.82) is 0 Å². The molecule has 2 saturated heterocycles. The quantitative estimate of drug-likeness (QED) is 0.576. The lowest BCUT2D eigenvalue weighted by Gasteiger charge is -2.39. The summed E-state index contributed by atoms with van der Waals surface area (Å²) >= 11 is 0. The Bertz CT molecular complexity index is 846. The molecule has 0 saturated carbocycles. The summed E-state index contributed by atoms with van der Waals surface area (Å²) in [4.78, 5) is 16.2. The molecule has 2 fully saturated rings. The molecule has 0 spiro atoms. The first kappa shape index (κ1) is 22.8. The number of aliphatic imine (C=N–C) groups is 1. The molecule has 2 aliphatic rings. The van der Waals surface area contributed by atoms with Gasteiger partial charge in [0, 0.05) is 58.7 Å². The van der Waals surface area contributed by atoms with Gasteiger partial charge in [-0.3, -0.25) is 9.89 Å². The van der Waals surface area contributed by atoms with E-state index in [1.54, 1.807) is 0 Å². The Morgan fingerprint density at radius 1 is 1.09 bits per heavy atom. The van der Waals surface area contributed by atoms with Crippen molar-refractivity contribution >= 4 is 5.96 Å². The molecule has 2 aliphatic heterocycles. The number of likely N-dealkylation sites (tertiary alicyclic amines) is 1. The minimum Gasteiger partial charge on any atom is -0.352 e. The third kappa shape index (κ3) is 5.90. The fraction of sp³-hybridized carbons (Fsp3) is 0.600. The highest BCUT2D eigenvalue weighted by atomic mass is 15.3. The second kappa shape index (κ2) is 11.0. The van der Waals surface area contributed by atoms with Crippen LogP contribution in [0.5, 0.6) is 0 Å². The third-order valence-electron chi connectivity index (χ3n) is 7.03. The zero-order valence-electron chi connectivity index (χ0n) is 20.0. The van der Waals surface area contributed by atoms with Crippen molar-refractivity contribution in [2.45, 2.75) is 38.9 Å². The van der Waals surface area contributed by atoms with Crippen molar-refractivity contribution in [3.63, 3.8) is 0 Å². The van der Waals surface area contributed by atoms with Gasteiger partial charge < -0.3 is 19.7 Å². The maximum atomic E-state index is 4.57. The van der Waals surface area contributed by atoms with Gasteiger partial charge in [0.05, 0.1) is 12.4 Å². The molecule has 0 bridgehead atoms. The Balaban J connectivity index is 1.29. The van der Waals surface area contributed by atoms with Gasteiger partial charge in [-0.25, -0.2) is 4.98 Å². The molecule has 1 aromatic carbocycles. The zero-order valence-corrected chi connectivity index (χ0v) is 20.0.